The van der Waals surface area contributed by atoms with Gasteiger partial charge in [-0.1, -0.05) is 18.2 Å². The Labute approximate surface area is 201 Å². The van der Waals surface area contributed by atoms with Gasteiger partial charge in [0.2, 0.25) is 5.82 Å². The molecular weight excluding hydrogens is 497 g/mol. The number of hydrogen-bond donors (Lipinski definition) is 0. The molecule has 2 aliphatic heterocycles. The van der Waals surface area contributed by atoms with E-state index in [1.54, 1.807) is 12.1 Å². The van der Waals surface area contributed by atoms with Crippen LogP contribution < -0.4 is 4.90 Å². The smallest absolute Gasteiger partial charge is 0.269 e. The van der Waals surface area contributed by atoms with Crippen LogP contribution in [0.3, 0.4) is 0 Å². The summed E-state index contributed by atoms with van der Waals surface area (Å²) in [6.45, 7) is 3.50. The average molecular weight is 518 g/mol. The van der Waals surface area contributed by atoms with Crippen LogP contribution in [0.2, 0.25) is 0 Å². The molecule has 182 valence electrons. The van der Waals surface area contributed by atoms with Crippen molar-refractivity contribution in [2.45, 2.75) is 37.4 Å². The molecule has 1 unspecified atom stereocenters. The zero-order chi connectivity index (χ0) is 24.6. The van der Waals surface area contributed by atoms with E-state index in [9.17, 15) is 32.1 Å². The summed E-state index contributed by atoms with van der Waals surface area (Å²) in [4.78, 5) is 15.5. The molecular formula is C22H20F5N3O2S2. The zero-order valence-corrected chi connectivity index (χ0v) is 19.6. The standard InChI is InChI=1S/C22H20F5N3O2S2/c1-12-21(33-11-15-16(23)18(25)20(27)19(26)17(15)24)29(13-5-7-14(8-6-13)30(31)32)22(34-12)28-9-3-2-4-10-28/h5-8,22H,2-4,9-11H2,1H3. The predicted molar refractivity (Wildman–Crippen MR) is 123 cm³/mol. The maximum absolute atomic E-state index is 14.2. The monoisotopic (exact) mass is 517 g/mol. The van der Waals surface area contributed by atoms with Gasteiger partial charge in [-0.3, -0.25) is 15.0 Å². The molecule has 1 atom stereocenters. The minimum atomic E-state index is -2.19. The van der Waals surface area contributed by atoms with E-state index < -0.39 is 45.3 Å². The topological polar surface area (TPSA) is 49.6 Å². The fourth-order valence-electron chi connectivity index (χ4n) is 3.98. The first kappa shape index (κ1) is 24.8. The highest BCUT2D eigenvalue weighted by atomic mass is 32.2. The molecule has 2 heterocycles. The van der Waals surface area contributed by atoms with Crippen LogP contribution in [-0.2, 0) is 5.75 Å². The highest BCUT2D eigenvalue weighted by molar-refractivity contribution is 8.07. The highest BCUT2D eigenvalue weighted by Crippen LogP contribution is 2.48. The van der Waals surface area contributed by atoms with Crippen LogP contribution >= 0.6 is 23.5 Å². The van der Waals surface area contributed by atoms with E-state index in [2.05, 4.69) is 4.90 Å². The van der Waals surface area contributed by atoms with Crippen LogP contribution in [0.25, 0.3) is 0 Å². The molecule has 1 saturated heterocycles. The third-order valence-corrected chi connectivity index (χ3v) is 8.32. The van der Waals surface area contributed by atoms with Crippen LogP contribution in [0.5, 0.6) is 0 Å². The maximum atomic E-state index is 14.2. The van der Waals surface area contributed by atoms with Crippen molar-refractivity contribution in [1.29, 1.82) is 0 Å². The number of nitrogens with zero attached hydrogens (tertiary/aromatic N) is 3. The molecule has 34 heavy (non-hydrogen) atoms. The Balaban J connectivity index is 1.67. The minimum absolute atomic E-state index is 0.0820. The van der Waals surface area contributed by atoms with Crippen LogP contribution in [0.1, 0.15) is 31.7 Å². The lowest BCUT2D eigenvalue weighted by atomic mass is 10.1. The predicted octanol–water partition coefficient (Wildman–Crippen LogP) is 6.74. The van der Waals surface area contributed by atoms with E-state index in [0.717, 1.165) is 49.0 Å². The Morgan fingerprint density at radius 3 is 2.09 bits per heavy atom. The first-order valence-corrected chi connectivity index (χ1v) is 12.4. The molecule has 0 spiro atoms. The number of nitro groups is 1. The van der Waals surface area contributed by atoms with Gasteiger partial charge in [0, 0.05) is 47.1 Å². The second kappa shape index (κ2) is 10.1. The number of allylic oxidation sites excluding steroid dienone is 1. The van der Waals surface area contributed by atoms with Crippen molar-refractivity contribution in [3.8, 4) is 0 Å². The van der Waals surface area contributed by atoms with Gasteiger partial charge in [-0.05, 0) is 31.9 Å². The molecule has 4 rings (SSSR count). The molecule has 2 aromatic carbocycles. The Bertz CT molecular complexity index is 1110. The Morgan fingerprint density at radius 2 is 1.53 bits per heavy atom. The summed E-state index contributed by atoms with van der Waals surface area (Å²) in [5, 5.41) is 11.7. The number of halogens is 5. The number of anilines is 1. The molecule has 0 radical (unpaired) electrons. The lowest BCUT2D eigenvalue weighted by molar-refractivity contribution is -0.384. The minimum Gasteiger partial charge on any atom is -0.310 e. The molecule has 2 aliphatic rings. The number of nitro benzene ring substituents is 1. The molecule has 0 amide bonds. The first-order valence-electron chi connectivity index (χ1n) is 10.5. The molecule has 0 aromatic heterocycles. The summed E-state index contributed by atoms with van der Waals surface area (Å²) in [6, 6.07) is 5.92. The largest absolute Gasteiger partial charge is 0.310 e. The van der Waals surface area contributed by atoms with Crippen molar-refractivity contribution in [2.24, 2.45) is 0 Å². The lowest BCUT2D eigenvalue weighted by Gasteiger charge is -2.38. The molecule has 0 aliphatic carbocycles. The summed E-state index contributed by atoms with van der Waals surface area (Å²) >= 11 is 2.49. The van der Waals surface area contributed by atoms with E-state index >= 15 is 0 Å². The van der Waals surface area contributed by atoms with Gasteiger partial charge in [0.15, 0.2) is 23.3 Å². The molecule has 1 fully saturated rings. The van der Waals surface area contributed by atoms with E-state index in [1.807, 2.05) is 11.8 Å². The van der Waals surface area contributed by atoms with Gasteiger partial charge in [0.25, 0.3) is 5.69 Å². The highest BCUT2D eigenvalue weighted by Gasteiger charge is 2.37. The second-order valence-electron chi connectivity index (χ2n) is 7.88. The number of hydrogen-bond acceptors (Lipinski definition) is 6. The van der Waals surface area contributed by atoms with Gasteiger partial charge in [-0.15, -0.1) is 11.8 Å². The van der Waals surface area contributed by atoms with Crippen LogP contribution in [0.4, 0.5) is 33.3 Å². The van der Waals surface area contributed by atoms with E-state index in [4.69, 9.17) is 0 Å². The van der Waals surface area contributed by atoms with Crippen molar-refractivity contribution in [1.82, 2.24) is 4.90 Å². The summed E-state index contributed by atoms with van der Waals surface area (Å²) in [5.41, 5.74) is -0.538. The van der Waals surface area contributed by atoms with Gasteiger partial charge in [-0.2, -0.15) is 0 Å². The van der Waals surface area contributed by atoms with E-state index in [-0.39, 0.29) is 11.2 Å². The van der Waals surface area contributed by atoms with E-state index in [0.29, 0.717) is 10.7 Å². The summed E-state index contributed by atoms with van der Waals surface area (Å²) in [7, 11) is 0. The quantitative estimate of drug-likeness (QED) is 0.139. The third kappa shape index (κ3) is 4.63. The number of piperidine rings is 1. The first-order chi connectivity index (χ1) is 16.2. The van der Waals surface area contributed by atoms with Gasteiger partial charge in [-0.25, -0.2) is 22.0 Å². The molecule has 0 N–H and O–H groups in total. The summed E-state index contributed by atoms with van der Waals surface area (Å²) in [6.07, 6.45) is 3.13. The van der Waals surface area contributed by atoms with Crippen molar-refractivity contribution < 1.29 is 26.9 Å². The van der Waals surface area contributed by atoms with E-state index in [1.165, 1.54) is 23.9 Å². The Hall–Kier alpha value is -2.31. The molecule has 0 saturated carbocycles. The van der Waals surface area contributed by atoms with Gasteiger partial charge in [0.05, 0.1) is 9.95 Å². The fourth-order valence-corrected chi connectivity index (χ4v) is 6.65. The van der Waals surface area contributed by atoms with Gasteiger partial charge < -0.3 is 4.90 Å². The van der Waals surface area contributed by atoms with Crippen molar-refractivity contribution in [3.63, 3.8) is 0 Å². The Morgan fingerprint density at radius 1 is 0.971 bits per heavy atom. The number of benzene rings is 2. The van der Waals surface area contributed by atoms with Crippen molar-refractivity contribution in [2.75, 3.05) is 18.0 Å². The number of likely N-dealkylation sites (tertiary alicyclic amines) is 1. The zero-order valence-electron chi connectivity index (χ0n) is 18.0. The second-order valence-corrected chi connectivity index (χ2v) is 10.1. The normalized spacial score (nSPS) is 19.2. The molecule has 2 aromatic rings. The number of non-ortho nitro benzene ring substituents is 1. The lowest BCUT2D eigenvalue weighted by Crippen LogP contribution is -2.45. The van der Waals surface area contributed by atoms with Gasteiger partial charge >= 0.3 is 0 Å². The average Bonchev–Trinajstić information content (AvgIpc) is 3.18. The number of thioether (sulfide) groups is 2. The summed E-state index contributed by atoms with van der Waals surface area (Å²) < 4.78 is 69.2. The fraction of sp³-hybridized carbons (Fsp3) is 0.364. The van der Waals surface area contributed by atoms with Crippen molar-refractivity contribution >= 4 is 34.9 Å². The number of rotatable bonds is 6. The Kier molecular flexibility index (Phi) is 7.39. The maximum Gasteiger partial charge on any atom is 0.269 e. The molecule has 0 bridgehead atoms. The SMILES string of the molecule is CC1=C(SCc2c(F)c(F)c(F)c(F)c2F)N(c2ccc([N+](=O)[O-])cc2)C(N2CCCCC2)S1. The van der Waals surface area contributed by atoms with Crippen LogP contribution in [0, 0.1) is 39.2 Å². The third-order valence-electron chi connectivity index (χ3n) is 5.72. The van der Waals surface area contributed by atoms with Crippen LogP contribution in [-0.4, -0.2) is 28.4 Å². The van der Waals surface area contributed by atoms with Crippen LogP contribution in [0.15, 0.2) is 34.2 Å². The molecule has 5 nitrogen and oxygen atoms in total. The van der Waals surface area contributed by atoms with Crippen molar-refractivity contribution in [3.05, 3.63) is 79.0 Å². The van der Waals surface area contributed by atoms with Gasteiger partial charge in [0.1, 0.15) is 5.50 Å². The summed E-state index contributed by atoms with van der Waals surface area (Å²) in [5.74, 6) is -10.3. The molecule has 12 heteroatoms.